The molecule has 4 N–H and O–H groups in total. The number of guanidine groups is 1. The van der Waals surface area contributed by atoms with Crippen molar-refractivity contribution in [3.8, 4) is 0 Å². The zero-order valence-corrected chi connectivity index (χ0v) is 14.2. The second-order valence-corrected chi connectivity index (χ2v) is 5.82. The molecule has 1 atom stereocenters. The van der Waals surface area contributed by atoms with Crippen LogP contribution in [-0.4, -0.2) is 11.7 Å². The predicted octanol–water partition coefficient (Wildman–Crippen LogP) is 3.37. The molecule has 0 fully saturated rings. The summed E-state index contributed by atoms with van der Waals surface area (Å²) in [5, 5.41) is 8.77. The van der Waals surface area contributed by atoms with Gasteiger partial charge in [-0.15, -0.1) is 17.5 Å². The van der Waals surface area contributed by atoms with Crippen LogP contribution in [-0.2, 0) is 6.42 Å². The molecule has 5 nitrogen and oxygen atoms in total. The summed E-state index contributed by atoms with van der Waals surface area (Å²) in [4.78, 5) is 0. The maximum Gasteiger partial charge on any atom is 0.211 e. The molecule has 0 bridgehead atoms. The van der Waals surface area contributed by atoms with E-state index in [0.717, 1.165) is 39.6 Å². The summed E-state index contributed by atoms with van der Waals surface area (Å²) < 4.78 is 5.68. The average molecular weight is 353 g/mol. The van der Waals surface area contributed by atoms with Crippen molar-refractivity contribution in [2.45, 2.75) is 25.7 Å². The fourth-order valence-corrected chi connectivity index (χ4v) is 3.19. The second kappa shape index (κ2) is 7.06. The third kappa shape index (κ3) is 3.51. The van der Waals surface area contributed by atoms with Crippen LogP contribution in [0.4, 0.5) is 0 Å². The van der Waals surface area contributed by atoms with Crippen LogP contribution in [0.25, 0.3) is 0 Å². The minimum absolute atomic E-state index is 0. The lowest BCUT2D eigenvalue weighted by molar-refractivity contribution is 0.480. The molecule has 0 amide bonds. The van der Waals surface area contributed by atoms with Crippen molar-refractivity contribution >= 4 is 35.7 Å². The smallest absolute Gasteiger partial charge is 0.211 e. The van der Waals surface area contributed by atoms with Gasteiger partial charge < -0.3 is 15.9 Å². The molecule has 3 rings (SSSR count). The van der Waals surface area contributed by atoms with Gasteiger partial charge in [0.25, 0.3) is 0 Å². The molecule has 23 heavy (non-hydrogen) atoms. The molecular weight excluding hydrogens is 335 g/mol. The molecule has 0 radical (unpaired) electrons. The van der Waals surface area contributed by atoms with Gasteiger partial charge in [-0.1, -0.05) is 29.8 Å². The van der Waals surface area contributed by atoms with Crippen LogP contribution in [0.2, 0.25) is 5.02 Å². The molecule has 1 aromatic heterocycles. The van der Waals surface area contributed by atoms with Gasteiger partial charge in [0.15, 0.2) is 0 Å². The van der Waals surface area contributed by atoms with Crippen molar-refractivity contribution in [1.82, 2.24) is 0 Å². The molecule has 1 aliphatic carbocycles. The van der Waals surface area contributed by atoms with Crippen LogP contribution in [0.15, 0.2) is 45.1 Å². The number of nitrogens with two attached hydrogens (primary N) is 2. The summed E-state index contributed by atoms with van der Waals surface area (Å²) in [5.41, 5.74) is 14.7. The van der Waals surface area contributed by atoms with Crippen molar-refractivity contribution in [1.29, 1.82) is 0 Å². The highest BCUT2D eigenvalue weighted by atomic mass is 35.5. The van der Waals surface area contributed by atoms with E-state index in [9.17, 15) is 0 Å². The molecule has 2 aromatic rings. The van der Waals surface area contributed by atoms with E-state index in [2.05, 4.69) is 10.2 Å². The van der Waals surface area contributed by atoms with Gasteiger partial charge in [0, 0.05) is 17.0 Å². The largest absolute Gasteiger partial charge is 0.468 e. The molecule has 1 heterocycles. The van der Waals surface area contributed by atoms with E-state index >= 15 is 0 Å². The topological polar surface area (TPSA) is 89.9 Å². The standard InChI is InChI=1S/C16H17ClN4O.ClH/c1-9-8-22-14-7-10(11-4-2-3-5-12(11)17)6-13(15(9)14)20-21-16(18)19;/h2-5,8,10H,6-7H2,1H3,(H4,18,19,21);1H/b20-13-;. The van der Waals surface area contributed by atoms with Gasteiger partial charge >= 0.3 is 0 Å². The van der Waals surface area contributed by atoms with Crippen molar-refractivity contribution in [3.05, 3.63) is 58.0 Å². The summed E-state index contributed by atoms with van der Waals surface area (Å²) in [6, 6.07) is 7.83. The van der Waals surface area contributed by atoms with E-state index < -0.39 is 0 Å². The Hall–Kier alpha value is -1.98. The molecule has 7 heteroatoms. The monoisotopic (exact) mass is 352 g/mol. The van der Waals surface area contributed by atoms with Gasteiger partial charge in [-0.25, -0.2) is 0 Å². The van der Waals surface area contributed by atoms with Gasteiger partial charge in [0.05, 0.1) is 12.0 Å². The number of furan rings is 1. The lowest BCUT2D eigenvalue weighted by Gasteiger charge is -2.23. The molecule has 1 aliphatic rings. The van der Waals surface area contributed by atoms with Gasteiger partial charge in [-0.2, -0.15) is 5.10 Å². The molecular formula is C16H18Cl2N4O. The zero-order chi connectivity index (χ0) is 15.7. The third-order valence-electron chi connectivity index (χ3n) is 3.84. The van der Waals surface area contributed by atoms with Gasteiger partial charge in [0.1, 0.15) is 5.76 Å². The highest BCUT2D eigenvalue weighted by Crippen LogP contribution is 2.37. The molecule has 0 saturated carbocycles. The number of aryl methyl sites for hydroxylation is 1. The summed E-state index contributed by atoms with van der Waals surface area (Å²) in [7, 11) is 0. The van der Waals surface area contributed by atoms with Crippen LogP contribution >= 0.6 is 24.0 Å². The highest BCUT2D eigenvalue weighted by Gasteiger charge is 2.30. The number of nitrogens with zero attached hydrogens (tertiary/aromatic N) is 2. The molecule has 0 saturated heterocycles. The fraction of sp³-hybridized carbons (Fsp3) is 0.250. The normalized spacial score (nSPS) is 18.2. The fourth-order valence-electron chi connectivity index (χ4n) is 2.90. The Labute approximate surface area is 145 Å². The number of benzene rings is 1. The minimum atomic E-state index is -0.0601. The lowest BCUT2D eigenvalue weighted by atomic mass is 9.81. The number of rotatable bonds is 2. The van der Waals surface area contributed by atoms with Crippen LogP contribution in [0, 0.1) is 6.92 Å². The Morgan fingerprint density at radius 1 is 1.26 bits per heavy atom. The first kappa shape index (κ1) is 17.4. The van der Waals surface area contributed by atoms with Crippen molar-refractivity contribution < 1.29 is 4.42 Å². The number of hydrogen-bond donors (Lipinski definition) is 2. The summed E-state index contributed by atoms with van der Waals surface area (Å²) in [6.45, 7) is 1.99. The SMILES string of the molecule is Cc1coc2c1/C(=N\N=C(N)N)CC(c1ccccc1Cl)C2.Cl. The summed E-state index contributed by atoms with van der Waals surface area (Å²) in [6.07, 6.45) is 3.24. The first-order valence-corrected chi connectivity index (χ1v) is 7.41. The van der Waals surface area contributed by atoms with Gasteiger partial charge in [-0.05, 0) is 36.5 Å². The Bertz CT molecular complexity index is 763. The average Bonchev–Trinajstić information content (AvgIpc) is 2.87. The van der Waals surface area contributed by atoms with E-state index in [1.807, 2.05) is 31.2 Å². The molecule has 1 unspecified atom stereocenters. The van der Waals surface area contributed by atoms with Crippen LogP contribution in [0.5, 0.6) is 0 Å². The highest BCUT2D eigenvalue weighted by molar-refractivity contribution is 6.31. The molecule has 122 valence electrons. The van der Waals surface area contributed by atoms with E-state index in [1.54, 1.807) is 6.26 Å². The van der Waals surface area contributed by atoms with Crippen molar-refractivity contribution in [3.63, 3.8) is 0 Å². The Morgan fingerprint density at radius 3 is 2.70 bits per heavy atom. The van der Waals surface area contributed by atoms with Gasteiger partial charge in [0.2, 0.25) is 5.96 Å². The third-order valence-corrected chi connectivity index (χ3v) is 4.19. The maximum atomic E-state index is 6.33. The van der Waals surface area contributed by atoms with Crippen molar-refractivity contribution in [2.24, 2.45) is 21.7 Å². The second-order valence-electron chi connectivity index (χ2n) is 5.42. The lowest BCUT2D eigenvalue weighted by Crippen LogP contribution is -2.23. The van der Waals surface area contributed by atoms with E-state index in [1.165, 1.54) is 0 Å². The van der Waals surface area contributed by atoms with Crippen LogP contribution in [0.1, 0.15) is 34.8 Å². The first-order chi connectivity index (χ1) is 10.6. The summed E-state index contributed by atoms with van der Waals surface area (Å²) >= 11 is 6.33. The Morgan fingerprint density at radius 2 is 2.00 bits per heavy atom. The van der Waals surface area contributed by atoms with E-state index in [4.69, 9.17) is 27.5 Å². The van der Waals surface area contributed by atoms with E-state index in [-0.39, 0.29) is 24.3 Å². The predicted molar refractivity (Wildman–Crippen MR) is 95.6 cm³/mol. The Kier molecular flexibility index (Phi) is 5.34. The minimum Gasteiger partial charge on any atom is -0.468 e. The molecule has 0 aliphatic heterocycles. The summed E-state index contributed by atoms with van der Waals surface area (Å²) in [5.74, 6) is 1.04. The van der Waals surface area contributed by atoms with Crippen LogP contribution in [0.3, 0.4) is 0 Å². The van der Waals surface area contributed by atoms with Crippen molar-refractivity contribution in [2.75, 3.05) is 0 Å². The van der Waals surface area contributed by atoms with Crippen LogP contribution < -0.4 is 11.5 Å². The maximum absolute atomic E-state index is 6.33. The zero-order valence-electron chi connectivity index (χ0n) is 12.6. The van der Waals surface area contributed by atoms with E-state index in [0.29, 0.717) is 6.42 Å². The first-order valence-electron chi connectivity index (χ1n) is 7.03. The van der Waals surface area contributed by atoms with Gasteiger partial charge in [-0.3, -0.25) is 0 Å². The number of fused-ring (bicyclic) bond motifs is 1. The Balaban J connectivity index is 0.00000192. The quantitative estimate of drug-likeness (QED) is 0.493. The number of halogens is 2. The number of hydrogen-bond acceptors (Lipinski definition) is 3. The molecule has 1 aromatic carbocycles. The molecule has 0 spiro atoms.